The van der Waals surface area contributed by atoms with Crippen molar-refractivity contribution in [2.45, 2.75) is 6.92 Å². The Balaban J connectivity index is 1.67. The van der Waals surface area contributed by atoms with E-state index in [0.29, 0.717) is 22.5 Å². The largest absolute Gasteiger partial charge is 0.322 e. The van der Waals surface area contributed by atoms with Crippen LogP contribution in [-0.2, 0) is 0 Å². The van der Waals surface area contributed by atoms with Gasteiger partial charge in [-0.1, -0.05) is 17.7 Å². The third-order valence-electron chi connectivity index (χ3n) is 3.85. The molecule has 2 amide bonds. The molecular formula is C21H16I2N2O2. The zero-order valence-electron chi connectivity index (χ0n) is 14.4. The zero-order valence-corrected chi connectivity index (χ0v) is 18.7. The maximum Gasteiger partial charge on any atom is 0.256 e. The van der Waals surface area contributed by atoms with Gasteiger partial charge in [0.15, 0.2) is 0 Å². The standard InChI is InChI=1S/C21H16I2N2O2/c1-13-3-2-4-14(11-13)20(26)24-16-6-8-17(9-7-16)25-21(27)18-12-15(22)5-10-19(18)23/h2-12H,1H3,(H,24,26)(H,25,27). The van der Waals surface area contributed by atoms with Gasteiger partial charge in [-0.25, -0.2) is 0 Å². The van der Waals surface area contributed by atoms with Gasteiger partial charge in [-0.2, -0.15) is 0 Å². The Morgan fingerprint density at radius 3 is 2.04 bits per heavy atom. The molecule has 2 N–H and O–H groups in total. The average Bonchev–Trinajstić information content (AvgIpc) is 2.65. The molecular weight excluding hydrogens is 566 g/mol. The quantitative estimate of drug-likeness (QED) is 0.388. The first-order valence-corrected chi connectivity index (χ1v) is 10.3. The van der Waals surface area contributed by atoms with Crippen molar-refractivity contribution in [1.29, 1.82) is 0 Å². The zero-order chi connectivity index (χ0) is 19.4. The van der Waals surface area contributed by atoms with E-state index in [0.717, 1.165) is 12.7 Å². The Kier molecular flexibility index (Phi) is 6.48. The molecule has 0 spiro atoms. The van der Waals surface area contributed by atoms with Crippen molar-refractivity contribution in [2.75, 3.05) is 10.6 Å². The third-order valence-corrected chi connectivity index (χ3v) is 5.47. The highest BCUT2D eigenvalue weighted by Crippen LogP contribution is 2.19. The predicted molar refractivity (Wildman–Crippen MR) is 125 cm³/mol. The number of benzene rings is 3. The molecule has 0 fully saturated rings. The van der Waals surface area contributed by atoms with Crippen LogP contribution >= 0.6 is 45.2 Å². The van der Waals surface area contributed by atoms with E-state index in [1.165, 1.54) is 0 Å². The molecule has 0 bridgehead atoms. The van der Waals surface area contributed by atoms with Gasteiger partial charge < -0.3 is 10.6 Å². The molecule has 3 rings (SSSR count). The van der Waals surface area contributed by atoms with E-state index in [2.05, 4.69) is 55.8 Å². The van der Waals surface area contributed by atoms with Crippen LogP contribution in [0.3, 0.4) is 0 Å². The van der Waals surface area contributed by atoms with Crippen molar-refractivity contribution in [3.05, 3.63) is 90.6 Å². The first-order chi connectivity index (χ1) is 12.9. The van der Waals surface area contributed by atoms with Gasteiger partial charge in [-0.15, -0.1) is 0 Å². The van der Waals surface area contributed by atoms with Crippen LogP contribution in [0.25, 0.3) is 0 Å². The van der Waals surface area contributed by atoms with E-state index in [4.69, 9.17) is 0 Å². The number of nitrogens with one attached hydrogen (secondary N) is 2. The number of hydrogen-bond acceptors (Lipinski definition) is 2. The highest BCUT2D eigenvalue weighted by atomic mass is 127. The molecule has 0 unspecified atom stereocenters. The van der Waals surface area contributed by atoms with E-state index in [-0.39, 0.29) is 11.8 Å². The van der Waals surface area contributed by atoms with Crippen molar-refractivity contribution in [2.24, 2.45) is 0 Å². The highest BCUT2D eigenvalue weighted by Gasteiger charge is 2.11. The molecule has 0 aliphatic carbocycles. The Labute approximate surface area is 185 Å². The molecule has 0 saturated heterocycles. The van der Waals surface area contributed by atoms with E-state index in [1.807, 2.05) is 43.3 Å². The minimum atomic E-state index is -0.163. The molecule has 0 radical (unpaired) electrons. The first-order valence-electron chi connectivity index (χ1n) is 8.17. The Bertz CT molecular complexity index is 1000. The molecule has 0 atom stereocenters. The lowest BCUT2D eigenvalue weighted by molar-refractivity contribution is 0.101. The van der Waals surface area contributed by atoms with E-state index in [9.17, 15) is 9.59 Å². The van der Waals surface area contributed by atoms with Crippen LogP contribution in [0.15, 0.2) is 66.7 Å². The van der Waals surface area contributed by atoms with Crippen LogP contribution in [0.2, 0.25) is 0 Å². The lowest BCUT2D eigenvalue weighted by Crippen LogP contribution is -2.14. The van der Waals surface area contributed by atoms with E-state index in [1.54, 1.807) is 30.3 Å². The molecule has 4 nitrogen and oxygen atoms in total. The minimum Gasteiger partial charge on any atom is -0.322 e. The van der Waals surface area contributed by atoms with Crippen LogP contribution in [0.4, 0.5) is 11.4 Å². The molecule has 6 heteroatoms. The lowest BCUT2D eigenvalue weighted by Gasteiger charge is -2.09. The van der Waals surface area contributed by atoms with Crippen LogP contribution in [0.1, 0.15) is 26.3 Å². The summed E-state index contributed by atoms with van der Waals surface area (Å²) in [6, 6.07) is 20.2. The van der Waals surface area contributed by atoms with Crippen molar-refractivity contribution in [1.82, 2.24) is 0 Å². The van der Waals surface area contributed by atoms with Crippen LogP contribution < -0.4 is 10.6 Å². The predicted octanol–water partition coefficient (Wildman–Crippen LogP) is 5.71. The smallest absolute Gasteiger partial charge is 0.256 e. The molecule has 3 aromatic rings. The highest BCUT2D eigenvalue weighted by molar-refractivity contribution is 14.1. The summed E-state index contributed by atoms with van der Waals surface area (Å²) < 4.78 is 1.90. The number of aryl methyl sites for hydroxylation is 1. The molecule has 0 heterocycles. The van der Waals surface area contributed by atoms with E-state index >= 15 is 0 Å². The summed E-state index contributed by atoms with van der Waals surface area (Å²) in [5.74, 6) is -0.321. The molecule has 0 aliphatic heterocycles. The second kappa shape index (κ2) is 8.83. The number of rotatable bonds is 4. The van der Waals surface area contributed by atoms with Crippen LogP contribution in [0, 0.1) is 14.1 Å². The number of carbonyl (C=O) groups excluding carboxylic acids is 2. The number of amides is 2. The Hall–Kier alpha value is -1.94. The van der Waals surface area contributed by atoms with Gasteiger partial charge in [-0.3, -0.25) is 9.59 Å². The lowest BCUT2D eigenvalue weighted by atomic mass is 10.1. The maximum absolute atomic E-state index is 12.5. The molecule has 136 valence electrons. The van der Waals surface area contributed by atoms with Gasteiger partial charge in [0.25, 0.3) is 11.8 Å². The fourth-order valence-corrected chi connectivity index (χ4v) is 3.57. The summed E-state index contributed by atoms with van der Waals surface area (Å²) in [4.78, 5) is 24.8. The van der Waals surface area contributed by atoms with E-state index < -0.39 is 0 Å². The summed E-state index contributed by atoms with van der Waals surface area (Å²) >= 11 is 4.33. The topological polar surface area (TPSA) is 58.2 Å². The molecule has 0 saturated carbocycles. The fourth-order valence-electron chi connectivity index (χ4n) is 2.50. The molecule has 3 aromatic carbocycles. The Morgan fingerprint density at radius 1 is 0.778 bits per heavy atom. The Morgan fingerprint density at radius 2 is 1.41 bits per heavy atom. The SMILES string of the molecule is Cc1cccc(C(=O)Nc2ccc(NC(=O)c3cc(I)ccc3I)cc2)c1. The van der Waals surface area contributed by atoms with Crippen LogP contribution in [-0.4, -0.2) is 11.8 Å². The normalized spacial score (nSPS) is 10.3. The number of carbonyl (C=O) groups is 2. The van der Waals surface area contributed by atoms with Gasteiger partial charge >= 0.3 is 0 Å². The summed E-state index contributed by atoms with van der Waals surface area (Å²) in [6.07, 6.45) is 0. The molecule has 27 heavy (non-hydrogen) atoms. The van der Waals surface area contributed by atoms with Gasteiger partial charge in [0.1, 0.15) is 0 Å². The first kappa shape index (κ1) is 19.8. The fraction of sp³-hybridized carbons (Fsp3) is 0.0476. The van der Waals surface area contributed by atoms with Gasteiger partial charge in [0.05, 0.1) is 5.56 Å². The number of anilines is 2. The second-order valence-corrected chi connectivity index (χ2v) is 8.39. The number of hydrogen-bond donors (Lipinski definition) is 2. The monoisotopic (exact) mass is 582 g/mol. The third kappa shape index (κ3) is 5.29. The summed E-state index contributed by atoms with van der Waals surface area (Å²) in [7, 11) is 0. The van der Waals surface area contributed by atoms with Crippen molar-refractivity contribution in [3.63, 3.8) is 0 Å². The van der Waals surface area contributed by atoms with Crippen molar-refractivity contribution < 1.29 is 9.59 Å². The van der Waals surface area contributed by atoms with Crippen molar-refractivity contribution >= 4 is 68.4 Å². The molecule has 0 aromatic heterocycles. The summed E-state index contributed by atoms with van der Waals surface area (Å²) in [5, 5.41) is 5.75. The maximum atomic E-state index is 12.5. The summed E-state index contributed by atoms with van der Waals surface area (Å²) in [5.41, 5.74) is 3.62. The summed E-state index contributed by atoms with van der Waals surface area (Å²) in [6.45, 7) is 1.95. The van der Waals surface area contributed by atoms with Gasteiger partial charge in [0.2, 0.25) is 0 Å². The minimum absolute atomic E-state index is 0.158. The number of halogens is 2. The second-order valence-electron chi connectivity index (χ2n) is 5.98. The average molecular weight is 582 g/mol. The van der Waals surface area contributed by atoms with Gasteiger partial charge in [-0.05, 0) is 107 Å². The van der Waals surface area contributed by atoms with Crippen molar-refractivity contribution in [3.8, 4) is 0 Å². The van der Waals surface area contributed by atoms with Crippen LogP contribution in [0.5, 0.6) is 0 Å². The molecule has 0 aliphatic rings. The van der Waals surface area contributed by atoms with Gasteiger partial charge in [0, 0.05) is 24.1 Å².